The average Bonchev–Trinajstić information content (AvgIpc) is 2.88. The van der Waals surface area contributed by atoms with Gasteiger partial charge in [0.1, 0.15) is 5.15 Å². The highest BCUT2D eigenvalue weighted by Gasteiger charge is 2.21. The molecule has 4 rings (SSSR count). The Bertz CT molecular complexity index is 905. The number of aryl methyl sites for hydroxylation is 2. The molecule has 0 unspecified atom stereocenters. The molecule has 3 aromatic rings. The summed E-state index contributed by atoms with van der Waals surface area (Å²) in [6.45, 7) is 4.58. The number of halogens is 1. The largest absolute Gasteiger partial charge is 0.294 e. The molecule has 0 amide bonds. The molecule has 1 aliphatic heterocycles. The first-order chi connectivity index (χ1) is 12.1. The van der Waals surface area contributed by atoms with E-state index in [1.54, 1.807) is 17.1 Å². The Hall–Kier alpha value is -2.31. The van der Waals surface area contributed by atoms with Gasteiger partial charge in [-0.3, -0.25) is 14.6 Å². The van der Waals surface area contributed by atoms with Crippen LogP contribution in [0.5, 0.6) is 0 Å². The smallest absolute Gasteiger partial charge is 0.159 e. The lowest BCUT2D eigenvalue weighted by Crippen LogP contribution is -2.31. The van der Waals surface area contributed by atoms with Crippen molar-refractivity contribution in [1.29, 1.82) is 0 Å². The van der Waals surface area contributed by atoms with E-state index >= 15 is 0 Å². The van der Waals surface area contributed by atoms with Crippen LogP contribution in [0.3, 0.4) is 0 Å². The van der Waals surface area contributed by atoms with Gasteiger partial charge in [0.25, 0.3) is 0 Å². The Morgan fingerprint density at radius 1 is 1.24 bits per heavy atom. The van der Waals surface area contributed by atoms with E-state index in [1.165, 1.54) is 5.56 Å². The van der Waals surface area contributed by atoms with Gasteiger partial charge in [-0.1, -0.05) is 11.6 Å². The van der Waals surface area contributed by atoms with Crippen molar-refractivity contribution in [2.75, 3.05) is 6.54 Å². The summed E-state index contributed by atoms with van der Waals surface area (Å²) in [6.07, 6.45) is 6.38. The third-order valence-electron chi connectivity index (χ3n) is 4.60. The molecule has 0 atom stereocenters. The molecule has 4 heterocycles. The zero-order valence-corrected chi connectivity index (χ0v) is 15.0. The van der Waals surface area contributed by atoms with Crippen LogP contribution in [-0.4, -0.2) is 36.2 Å². The van der Waals surface area contributed by atoms with Gasteiger partial charge < -0.3 is 0 Å². The molecule has 0 spiro atoms. The minimum Gasteiger partial charge on any atom is -0.294 e. The average molecular weight is 355 g/mol. The van der Waals surface area contributed by atoms with Crippen molar-refractivity contribution in [1.82, 2.24) is 29.6 Å². The first-order valence-corrected chi connectivity index (χ1v) is 8.65. The first kappa shape index (κ1) is 16.2. The minimum absolute atomic E-state index is 0.715. The van der Waals surface area contributed by atoms with E-state index in [4.69, 9.17) is 16.6 Å². The molecule has 0 aromatic carbocycles. The van der Waals surface area contributed by atoms with Crippen molar-refractivity contribution >= 4 is 11.6 Å². The Labute approximate surface area is 151 Å². The van der Waals surface area contributed by atoms with E-state index in [0.29, 0.717) is 5.15 Å². The topological polar surface area (TPSA) is 59.7 Å². The zero-order chi connectivity index (χ0) is 17.4. The van der Waals surface area contributed by atoms with Crippen molar-refractivity contribution in [2.45, 2.75) is 26.4 Å². The molecule has 25 heavy (non-hydrogen) atoms. The molecular formula is C18H19ClN6. The first-order valence-electron chi connectivity index (χ1n) is 8.27. The lowest BCUT2D eigenvalue weighted by atomic mass is 10.1. The second-order valence-electron chi connectivity index (χ2n) is 6.34. The predicted molar refractivity (Wildman–Crippen MR) is 96.0 cm³/mol. The Kier molecular flexibility index (Phi) is 4.23. The summed E-state index contributed by atoms with van der Waals surface area (Å²) in [7, 11) is 1.87. The lowest BCUT2D eigenvalue weighted by molar-refractivity contribution is 0.242. The standard InChI is InChI=1S/C18H19ClN6/c1-12-15(17(19)24(2)23-12)11-25-8-5-16-14(10-25)9-21-18(22-16)13-3-6-20-7-4-13/h3-4,6-7,9H,5,8,10-11H2,1-2H3. The van der Waals surface area contributed by atoms with Gasteiger partial charge in [0.15, 0.2) is 5.82 Å². The third-order valence-corrected chi connectivity index (χ3v) is 5.08. The number of rotatable bonds is 3. The number of hydrogen-bond acceptors (Lipinski definition) is 5. The molecular weight excluding hydrogens is 336 g/mol. The molecule has 6 nitrogen and oxygen atoms in total. The summed E-state index contributed by atoms with van der Waals surface area (Å²) >= 11 is 6.37. The van der Waals surface area contributed by atoms with Gasteiger partial charge in [-0.2, -0.15) is 5.10 Å². The normalized spacial score (nSPS) is 14.5. The summed E-state index contributed by atoms with van der Waals surface area (Å²) in [4.78, 5) is 15.7. The van der Waals surface area contributed by atoms with E-state index in [0.717, 1.165) is 54.4 Å². The number of aromatic nitrogens is 5. The van der Waals surface area contributed by atoms with Crippen LogP contribution < -0.4 is 0 Å². The molecule has 0 saturated heterocycles. The fourth-order valence-corrected chi connectivity index (χ4v) is 3.46. The molecule has 0 fully saturated rings. The number of pyridine rings is 1. The van der Waals surface area contributed by atoms with Crippen molar-refractivity contribution < 1.29 is 0 Å². The Morgan fingerprint density at radius 2 is 2.04 bits per heavy atom. The van der Waals surface area contributed by atoms with E-state index in [2.05, 4.69) is 20.0 Å². The number of nitrogens with zero attached hydrogens (tertiary/aromatic N) is 6. The molecule has 0 radical (unpaired) electrons. The molecule has 7 heteroatoms. The highest BCUT2D eigenvalue weighted by Crippen LogP contribution is 2.25. The Morgan fingerprint density at radius 3 is 2.76 bits per heavy atom. The van der Waals surface area contributed by atoms with Gasteiger partial charge in [-0.15, -0.1) is 0 Å². The second-order valence-corrected chi connectivity index (χ2v) is 6.70. The van der Waals surface area contributed by atoms with Gasteiger partial charge in [0.2, 0.25) is 0 Å². The molecule has 3 aromatic heterocycles. The van der Waals surface area contributed by atoms with Crippen LogP contribution in [0.15, 0.2) is 30.7 Å². The predicted octanol–water partition coefficient (Wildman–Crippen LogP) is 2.79. The van der Waals surface area contributed by atoms with Gasteiger partial charge >= 0.3 is 0 Å². The fraction of sp³-hybridized carbons (Fsp3) is 0.333. The molecule has 128 valence electrons. The van der Waals surface area contributed by atoms with Crippen molar-refractivity contribution in [3.05, 3.63) is 58.4 Å². The van der Waals surface area contributed by atoms with Crippen LogP contribution in [0.2, 0.25) is 5.15 Å². The zero-order valence-electron chi connectivity index (χ0n) is 14.3. The van der Waals surface area contributed by atoms with E-state index in [1.807, 2.05) is 32.3 Å². The van der Waals surface area contributed by atoms with Crippen molar-refractivity contribution in [2.24, 2.45) is 7.05 Å². The van der Waals surface area contributed by atoms with Crippen LogP contribution in [0.1, 0.15) is 22.5 Å². The highest BCUT2D eigenvalue weighted by atomic mass is 35.5. The maximum absolute atomic E-state index is 6.37. The van der Waals surface area contributed by atoms with Crippen LogP contribution in [-0.2, 0) is 26.6 Å². The SMILES string of the molecule is Cc1nn(C)c(Cl)c1CN1CCc2nc(-c3ccncc3)ncc2C1. The maximum Gasteiger partial charge on any atom is 0.159 e. The van der Waals surface area contributed by atoms with Crippen LogP contribution in [0, 0.1) is 6.92 Å². The van der Waals surface area contributed by atoms with E-state index < -0.39 is 0 Å². The molecule has 0 bridgehead atoms. The Balaban J connectivity index is 1.54. The lowest BCUT2D eigenvalue weighted by Gasteiger charge is -2.28. The second kappa shape index (κ2) is 6.54. The molecule has 1 aliphatic rings. The van der Waals surface area contributed by atoms with E-state index in [9.17, 15) is 0 Å². The molecule has 0 saturated carbocycles. The molecule has 0 N–H and O–H groups in total. The van der Waals surface area contributed by atoms with Gasteiger partial charge in [-0.25, -0.2) is 9.97 Å². The fourth-order valence-electron chi connectivity index (χ4n) is 3.23. The summed E-state index contributed by atoms with van der Waals surface area (Å²) in [5.41, 5.74) is 5.40. The number of hydrogen-bond donors (Lipinski definition) is 0. The summed E-state index contributed by atoms with van der Waals surface area (Å²) in [5, 5.41) is 5.11. The number of fused-ring (bicyclic) bond motifs is 1. The van der Waals surface area contributed by atoms with Gasteiger partial charge in [-0.05, 0) is 19.1 Å². The van der Waals surface area contributed by atoms with Crippen molar-refractivity contribution in [3.63, 3.8) is 0 Å². The summed E-state index contributed by atoms with van der Waals surface area (Å²) in [6, 6.07) is 3.87. The monoisotopic (exact) mass is 354 g/mol. The maximum atomic E-state index is 6.37. The highest BCUT2D eigenvalue weighted by molar-refractivity contribution is 6.30. The van der Waals surface area contributed by atoms with Crippen LogP contribution in [0.4, 0.5) is 0 Å². The summed E-state index contributed by atoms with van der Waals surface area (Å²) < 4.78 is 1.73. The third kappa shape index (κ3) is 3.15. The van der Waals surface area contributed by atoms with Gasteiger partial charge in [0.05, 0.1) is 11.4 Å². The van der Waals surface area contributed by atoms with Crippen LogP contribution >= 0.6 is 11.6 Å². The van der Waals surface area contributed by atoms with Crippen LogP contribution in [0.25, 0.3) is 11.4 Å². The molecule has 0 aliphatic carbocycles. The van der Waals surface area contributed by atoms with Crippen molar-refractivity contribution in [3.8, 4) is 11.4 Å². The minimum atomic E-state index is 0.715. The summed E-state index contributed by atoms with van der Waals surface area (Å²) in [5.74, 6) is 0.765. The quantitative estimate of drug-likeness (QED) is 0.723. The van der Waals surface area contributed by atoms with E-state index in [-0.39, 0.29) is 0 Å². The van der Waals surface area contributed by atoms with Gasteiger partial charge in [0, 0.05) is 68.4 Å².